The predicted molar refractivity (Wildman–Crippen MR) is 479 cm³/mol. The van der Waals surface area contributed by atoms with Crippen molar-refractivity contribution in [2.75, 3.05) is 53.1 Å². The number of nitrogens with one attached hydrogen (secondary N) is 4. The number of H-pyrrole nitrogens is 3. The molecule has 0 unspecified atom stereocenters. The summed E-state index contributed by atoms with van der Waals surface area (Å²) in [7, 11) is 5.20. The normalized spacial score (nSPS) is 11.9. The van der Waals surface area contributed by atoms with Crippen LogP contribution in [0.4, 0.5) is 51.6 Å². The summed E-state index contributed by atoms with van der Waals surface area (Å²) < 4.78 is 12.8. The lowest BCUT2D eigenvalue weighted by Gasteiger charge is -2.28. The van der Waals surface area contributed by atoms with Crippen LogP contribution >= 0.6 is 0 Å². The maximum absolute atomic E-state index is 10.7. The topological polar surface area (TPSA) is 357 Å². The molecule has 0 aliphatic heterocycles. The van der Waals surface area contributed by atoms with Crippen LogP contribution in [0, 0.1) is 58.5 Å². The van der Waals surface area contributed by atoms with Gasteiger partial charge in [0.2, 0.25) is 16.7 Å². The highest BCUT2D eigenvalue weighted by Crippen LogP contribution is 2.46. The molecular weight excluding hydrogens is 1550 g/mol. The highest BCUT2D eigenvalue weighted by atomic mass is 16.5. The van der Waals surface area contributed by atoms with Gasteiger partial charge in [-0.3, -0.25) is 24.5 Å². The Hall–Kier alpha value is -18.8. The fourth-order valence-electron chi connectivity index (χ4n) is 15.6. The second-order valence-electron chi connectivity index (χ2n) is 28.4. The Kier molecular flexibility index (Phi) is 19.9. The summed E-state index contributed by atoms with van der Waals surface area (Å²) >= 11 is 0. The molecule has 20 aromatic rings. The van der Waals surface area contributed by atoms with Gasteiger partial charge in [0.1, 0.15) is 99.9 Å². The van der Waals surface area contributed by atoms with Crippen LogP contribution in [0.1, 0.15) is 44.5 Å². The van der Waals surface area contributed by atoms with E-state index in [0.717, 1.165) is 116 Å². The first kappa shape index (κ1) is 76.5. The summed E-state index contributed by atoms with van der Waals surface area (Å²) in [5.74, 6) is 1.95. The minimum Gasteiger partial charge on any atom is -0.506 e. The molecule has 0 bridgehead atoms. The van der Waals surface area contributed by atoms with E-state index in [1.54, 1.807) is 82.9 Å². The molecule has 8 aromatic heterocycles. The molecular formula is C95H67N27O2+2. The van der Waals surface area contributed by atoms with E-state index in [4.69, 9.17) is 39.6 Å². The predicted octanol–water partition coefficient (Wildman–Crippen LogP) is 17.0. The van der Waals surface area contributed by atoms with E-state index in [2.05, 4.69) is 92.9 Å². The number of hydrogen-bond donors (Lipinski definition) is 5. The van der Waals surface area contributed by atoms with Crippen molar-refractivity contribution in [1.82, 2.24) is 53.7 Å². The second kappa shape index (κ2) is 32.3. The number of anilines is 7. The molecule has 0 spiro atoms. The first-order valence-electron chi connectivity index (χ1n) is 38.6. The van der Waals surface area contributed by atoms with Crippen LogP contribution < -0.4 is 46.9 Å². The van der Waals surface area contributed by atoms with Gasteiger partial charge in [-0.1, -0.05) is 184 Å². The van der Waals surface area contributed by atoms with Crippen molar-refractivity contribution >= 4 is 150 Å². The lowest BCUT2D eigenvalue weighted by atomic mass is 9.84. The molecule has 0 radical (unpaired) electrons. The molecule has 12 aromatic carbocycles. The van der Waals surface area contributed by atoms with E-state index in [1.807, 2.05) is 257 Å². The molecule has 0 saturated heterocycles. The summed E-state index contributed by atoms with van der Waals surface area (Å²) in [4.78, 5) is 21.6. The number of imidazole rings is 1. The number of phenols is 1. The molecule has 592 valence electrons. The number of hydrogen-bond acceptors (Lipinski definition) is 18. The number of nitrogens with zero attached hydrogens (tertiary/aromatic N) is 21. The first-order chi connectivity index (χ1) is 60.8. The zero-order chi connectivity index (χ0) is 85.2. The minimum atomic E-state index is -0.197. The summed E-state index contributed by atoms with van der Waals surface area (Å²) in [5, 5.41) is 90.0. The Morgan fingerprint density at radius 2 is 0.968 bits per heavy atom. The number of pyridine rings is 1. The summed E-state index contributed by atoms with van der Waals surface area (Å²) in [5.41, 5.74) is 30.8. The fourth-order valence-corrected chi connectivity index (χ4v) is 15.6. The Bertz CT molecular complexity index is 7640. The van der Waals surface area contributed by atoms with E-state index >= 15 is 0 Å². The van der Waals surface area contributed by atoms with Crippen molar-refractivity contribution in [3.63, 3.8) is 0 Å². The Balaban J connectivity index is 0.000000114. The molecule has 0 fully saturated rings. The zero-order valence-electron chi connectivity index (χ0n) is 66.2. The number of nitrogens with two attached hydrogens (primary N) is 2. The molecule has 0 atom stereocenters. The number of methoxy groups -OCH3 is 1. The van der Waals surface area contributed by atoms with Gasteiger partial charge in [-0.2, -0.15) is 31.3 Å². The van der Waals surface area contributed by atoms with Crippen molar-refractivity contribution < 1.29 is 20.0 Å². The van der Waals surface area contributed by atoms with Crippen molar-refractivity contribution in [2.45, 2.75) is 0 Å². The maximum atomic E-state index is 10.7. The van der Waals surface area contributed by atoms with Crippen LogP contribution in [0.2, 0.25) is 0 Å². The minimum absolute atomic E-state index is 0.0615. The number of nitrogen functional groups attached to an aromatic ring is 2. The van der Waals surface area contributed by atoms with E-state index in [1.165, 1.54) is 4.91 Å². The van der Waals surface area contributed by atoms with Gasteiger partial charge >= 0.3 is 0 Å². The van der Waals surface area contributed by atoms with Crippen LogP contribution in [0.15, 0.2) is 308 Å². The zero-order valence-corrected chi connectivity index (χ0v) is 66.2. The largest absolute Gasteiger partial charge is 0.506 e. The molecule has 8 heterocycles. The molecule has 9 N–H and O–H groups in total. The number of aromatic nitrogens is 13. The smallest absolute Gasteiger partial charge is 0.235 e. The van der Waals surface area contributed by atoms with Gasteiger partial charge in [0, 0.05) is 105 Å². The van der Waals surface area contributed by atoms with Crippen LogP contribution in [-0.2, 0) is 0 Å². The number of fused-ring (bicyclic) bond motifs is 10. The lowest BCUT2D eigenvalue weighted by Crippen LogP contribution is -2.44. The van der Waals surface area contributed by atoms with Crippen LogP contribution in [0.25, 0.3) is 96.8 Å². The van der Waals surface area contributed by atoms with Crippen molar-refractivity contribution in [3.05, 3.63) is 366 Å². The third-order valence-corrected chi connectivity index (χ3v) is 21.3. The van der Waals surface area contributed by atoms with Crippen molar-refractivity contribution in [1.29, 1.82) is 21.0 Å². The molecule has 29 nitrogen and oxygen atoms in total. The molecule has 21 rings (SSSR count). The van der Waals surface area contributed by atoms with Gasteiger partial charge in [0.05, 0.1) is 70.6 Å². The van der Waals surface area contributed by atoms with Gasteiger partial charge in [-0.25, -0.2) is 29.3 Å². The average molecular weight is 1620 g/mol. The average Bonchev–Trinajstić information content (AvgIpc) is 1.49. The highest BCUT2D eigenvalue weighted by molar-refractivity contribution is 6.35. The third kappa shape index (κ3) is 13.6. The molecule has 0 saturated carbocycles. The number of rotatable bonds is 12. The number of aromatic hydroxyl groups is 1. The van der Waals surface area contributed by atoms with Crippen molar-refractivity contribution in [3.8, 4) is 35.8 Å². The third-order valence-electron chi connectivity index (χ3n) is 21.3. The maximum Gasteiger partial charge on any atom is 0.235 e. The number of nitriles is 4. The molecule has 124 heavy (non-hydrogen) atoms. The summed E-state index contributed by atoms with van der Waals surface area (Å²) in [6.45, 7) is 14.3. The fraction of sp³-hybridized carbons (Fsp3) is 0.0316. The molecule has 1 aliphatic rings. The Morgan fingerprint density at radius 3 is 1.49 bits per heavy atom. The quantitative estimate of drug-likeness (QED) is 0.0709. The molecule has 29 heteroatoms. The summed E-state index contributed by atoms with van der Waals surface area (Å²) in [6, 6.07) is 90.0. The monoisotopic (exact) mass is 1620 g/mol. The Labute approximate surface area is 705 Å². The number of ether oxygens (including phenoxy) is 1. The van der Waals surface area contributed by atoms with Gasteiger partial charge < -0.3 is 26.3 Å². The van der Waals surface area contributed by atoms with Crippen LogP contribution in [0.3, 0.4) is 0 Å². The van der Waals surface area contributed by atoms with Gasteiger partial charge in [-0.15, -0.1) is 10.2 Å². The van der Waals surface area contributed by atoms with Gasteiger partial charge in [0.15, 0.2) is 22.1 Å². The second-order valence-corrected chi connectivity index (χ2v) is 28.4. The number of benzene rings is 12. The molecule has 1 aliphatic carbocycles. The molecule has 0 amide bonds. The van der Waals surface area contributed by atoms with E-state index < -0.39 is 0 Å². The van der Waals surface area contributed by atoms with Gasteiger partial charge in [-0.05, 0) is 89.6 Å². The van der Waals surface area contributed by atoms with E-state index in [0.29, 0.717) is 62.4 Å². The van der Waals surface area contributed by atoms with Crippen LogP contribution in [0.5, 0.6) is 11.5 Å². The van der Waals surface area contributed by atoms with Crippen molar-refractivity contribution in [2.24, 2.45) is 10.2 Å². The Morgan fingerprint density at radius 1 is 0.500 bits per heavy atom. The number of aromatic amines is 3. The first-order valence-corrected chi connectivity index (χ1v) is 38.6. The van der Waals surface area contributed by atoms with Gasteiger partial charge in [0.25, 0.3) is 0 Å². The summed E-state index contributed by atoms with van der Waals surface area (Å²) in [6.07, 6.45) is 12.6. The lowest BCUT2D eigenvalue weighted by molar-refractivity contribution is -0.648. The SMILES string of the molecule is CN(c1c(C#N)c(C#N)c(N(C)n2[nH+]c3ccccc3[nH+]2)c2ccccc12)n1nc2ccccc2n1.N#Cc1c(C#N)c(N(c2ccccn2)n2ccc3ccccc32)c2ccccc2c1O.Nc1[nH]c(N)c2c1C(=Nn1ccc3ccccc31)c1ccccc1C2=Nn1ccc2ccccc21.[C-]#[N+]c1cc2cc(Nn3ccnc3)c(OC)cc2cc1[N+]#[C-]. The van der Waals surface area contributed by atoms with Crippen LogP contribution in [-0.4, -0.2) is 91.4 Å². The number of para-hydroxylation sites is 5. The highest BCUT2D eigenvalue weighted by Gasteiger charge is 2.36. The number of phenolic OH excluding ortho intramolecular Hbond substituents is 1. The van der Waals surface area contributed by atoms with E-state index in [-0.39, 0.29) is 28.0 Å². The van der Waals surface area contributed by atoms with E-state index in [9.17, 15) is 26.2 Å². The standard InChI is InChI=1S/C28H21N7.C26H18N10.C25H15N5O.C16H11N5O/c29-27-23-24(28(30)31-27)26(33-35-16-14-18-8-2-6-12-22(18)35)20-10-4-3-9-19(20)25(23)32-34-15-13-17-7-1-5-11-21(17)34;1-33(35-29-21-11-5-6-12-22(21)30-35)25-17-9-3-4-10-18(17)26(20(16-28)19(25)15-27)34(2)36-31-23-13-7-8-14-24(23)32-36;26-15-20-21(16-27)25(31)19-9-3-2-8-18(19)24(20)30(23-11-5-6-13-28-23)29-14-12-17-7-1-4-10-22(17)29;1-17-13-6-11-8-15(20-21-5-4-19-10-21)16(22-3)9-12(11)7-14(13)18-2/h1-16,31H,29-30H2;3-14H,1-2H3;1-14,31H;4-10,20H,3H3/p+2.